The third-order valence-electron chi connectivity index (χ3n) is 3.88. The maximum atomic E-state index is 6.36. The number of hydrogen-bond acceptors (Lipinski definition) is 4. The highest BCUT2D eigenvalue weighted by Gasteiger charge is 2.25. The van der Waals surface area contributed by atoms with Crippen LogP contribution in [0.25, 0.3) is 0 Å². The molecule has 1 fully saturated rings. The van der Waals surface area contributed by atoms with E-state index >= 15 is 0 Å². The van der Waals surface area contributed by atoms with Gasteiger partial charge < -0.3 is 15.2 Å². The normalized spacial score (nSPS) is 21.2. The molecule has 0 amide bonds. The van der Waals surface area contributed by atoms with Gasteiger partial charge in [0, 0.05) is 19.1 Å². The van der Waals surface area contributed by atoms with Gasteiger partial charge in [-0.25, -0.2) is 0 Å². The lowest BCUT2D eigenvalue weighted by atomic mass is 10.0. The largest absolute Gasteiger partial charge is 0.496 e. The number of rotatable bonds is 6. The van der Waals surface area contributed by atoms with Crippen molar-refractivity contribution in [3.8, 4) is 5.75 Å². The molecular formula is C16H25BrN2O2. The first-order valence-electron chi connectivity index (χ1n) is 7.56. The molecule has 0 aromatic heterocycles. The van der Waals surface area contributed by atoms with Gasteiger partial charge in [-0.05, 0) is 53.0 Å². The second-order valence-electron chi connectivity index (χ2n) is 5.55. The molecular weight excluding hydrogens is 332 g/mol. The van der Waals surface area contributed by atoms with Gasteiger partial charge in [-0.2, -0.15) is 0 Å². The summed E-state index contributed by atoms with van der Waals surface area (Å²) < 4.78 is 12.1. The van der Waals surface area contributed by atoms with Gasteiger partial charge in [-0.1, -0.05) is 13.0 Å². The Hall–Kier alpha value is -0.620. The van der Waals surface area contributed by atoms with Crippen LogP contribution >= 0.6 is 15.9 Å². The SMILES string of the molecule is CCCN1CCOC(C(N)Cc2ccc(OC)c(Br)c2)C1. The molecule has 21 heavy (non-hydrogen) atoms. The molecule has 0 bridgehead atoms. The Bertz CT molecular complexity index is 454. The number of hydrogen-bond donors (Lipinski definition) is 1. The molecule has 0 saturated carbocycles. The maximum absolute atomic E-state index is 6.36. The molecule has 1 aromatic carbocycles. The Kier molecular flexibility index (Phi) is 6.48. The molecule has 1 aliphatic heterocycles. The standard InChI is InChI=1S/C16H25BrN2O2/c1-3-6-19-7-8-21-16(11-19)14(18)10-12-4-5-15(20-2)13(17)9-12/h4-5,9,14,16H,3,6-8,10-11,18H2,1-2H3. The average molecular weight is 357 g/mol. The van der Waals surface area contributed by atoms with Crippen molar-refractivity contribution in [1.82, 2.24) is 4.90 Å². The van der Waals surface area contributed by atoms with Gasteiger partial charge in [0.1, 0.15) is 5.75 Å². The van der Waals surface area contributed by atoms with Crippen molar-refractivity contribution in [2.75, 3.05) is 33.4 Å². The molecule has 1 aromatic rings. The van der Waals surface area contributed by atoms with Crippen molar-refractivity contribution in [2.24, 2.45) is 5.73 Å². The van der Waals surface area contributed by atoms with Gasteiger partial charge in [0.15, 0.2) is 0 Å². The third kappa shape index (κ3) is 4.68. The minimum Gasteiger partial charge on any atom is -0.496 e. The minimum atomic E-state index is 0.0185. The summed E-state index contributed by atoms with van der Waals surface area (Å²) in [6, 6.07) is 6.13. The second kappa shape index (κ2) is 8.13. The van der Waals surface area contributed by atoms with Crippen LogP contribution in [0.15, 0.2) is 22.7 Å². The summed E-state index contributed by atoms with van der Waals surface area (Å²) in [4.78, 5) is 2.44. The van der Waals surface area contributed by atoms with E-state index in [0.717, 1.165) is 42.9 Å². The van der Waals surface area contributed by atoms with Crippen LogP contribution in [0.5, 0.6) is 5.75 Å². The van der Waals surface area contributed by atoms with Crippen molar-refractivity contribution in [3.63, 3.8) is 0 Å². The quantitative estimate of drug-likeness (QED) is 0.850. The summed E-state index contributed by atoms with van der Waals surface area (Å²) in [6.45, 7) is 6.07. The van der Waals surface area contributed by atoms with Crippen molar-refractivity contribution >= 4 is 15.9 Å². The summed E-state index contributed by atoms with van der Waals surface area (Å²) in [5, 5.41) is 0. The summed E-state index contributed by atoms with van der Waals surface area (Å²) in [5.41, 5.74) is 7.56. The number of ether oxygens (including phenoxy) is 2. The van der Waals surface area contributed by atoms with Crippen LogP contribution in [0, 0.1) is 0 Å². The highest BCUT2D eigenvalue weighted by atomic mass is 79.9. The first kappa shape index (κ1) is 16.7. The van der Waals surface area contributed by atoms with Gasteiger partial charge in [-0.15, -0.1) is 0 Å². The molecule has 0 spiro atoms. The summed E-state index contributed by atoms with van der Waals surface area (Å²) in [6.07, 6.45) is 2.10. The molecule has 1 aliphatic rings. The van der Waals surface area contributed by atoms with Crippen LogP contribution in [-0.2, 0) is 11.2 Å². The second-order valence-corrected chi connectivity index (χ2v) is 6.40. The number of nitrogens with zero attached hydrogens (tertiary/aromatic N) is 1. The summed E-state index contributed by atoms with van der Waals surface area (Å²) in [7, 11) is 1.67. The number of methoxy groups -OCH3 is 1. The molecule has 4 nitrogen and oxygen atoms in total. The maximum Gasteiger partial charge on any atom is 0.133 e. The highest BCUT2D eigenvalue weighted by Crippen LogP contribution is 2.26. The summed E-state index contributed by atoms with van der Waals surface area (Å²) in [5.74, 6) is 0.843. The van der Waals surface area contributed by atoms with E-state index in [9.17, 15) is 0 Å². The lowest BCUT2D eigenvalue weighted by molar-refractivity contribution is -0.0400. The van der Waals surface area contributed by atoms with Gasteiger partial charge >= 0.3 is 0 Å². The van der Waals surface area contributed by atoms with Crippen molar-refractivity contribution < 1.29 is 9.47 Å². The first-order valence-corrected chi connectivity index (χ1v) is 8.35. The molecule has 0 radical (unpaired) electrons. The zero-order valence-corrected chi connectivity index (χ0v) is 14.4. The minimum absolute atomic E-state index is 0.0185. The zero-order chi connectivity index (χ0) is 15.2. The molecule has 1 heterocycles. The molecule has 2 rings (SSSR count). The highest BCUT2D eigenvalue weighted by molar-refractivity contribution is 9.10. The summed E-state index contributed by atoms with van der Waals surface area (Å²) >= 11 is 3.52. The van der Waals surface area contributed by atoms with Gasteiger partial charge in [0.2, 0.25) is 0 Å². The van der Waals surface area contributed by atoms with E-state index in [1.54, 1.807) is 7.11 Å². The van der Waals surface area contributed by atoms with Gasteiger partial charge in [-0.3, -0.25) is 4.90 Å². The van der Waals surface area contributed by atoms with E-state index in [0.29, 0.717) is 0 Å². The van der Waals surface area contributed by atoms with Gasteiger partial charge in [0.25, 0.3) is 0 Å². The molecule has 0 aliphatic carbocycles. The molecule has 2 unspecified atom stereocenters. The number of halogens is 1. The zero-order valence-electron chi connectivity index (χ0n) is 12.8. The van der Waals surface area contributed by atoms with E-state index in [4.69, 9.17) is 15.2 Å². The molecule has 5 heteroatoms. The Morgan fingerprint density at radius 3 is 3.00 bits per heavy atom. The number of benzene rings is 1. The van der Waals surface area contributed by atoms with Crippen molar-refractivity contribution in [3.05, 3.63) is 28.2 Å². The van der Waals surface area contributed by atoms with E-state index in [2.05, 4.69) is 39.9 Å². The number of nitrogens with two attached hydrogens (primary N) is 1. The molecule has 2 atom stereocenters. The fourth-order valence-corrected chi connectivity index (χ4v) is 3.34. The smallest absolute Gasteiger partial charge is 0.133 e. The fraction of sp³-hybridized carbons (Fsp3) is 0.625. The lowest BCUT2D eigenvalue weighted by Gasteiger charge is -2.35. The van der Waals surface area contributed by atoms with Crippen LogP contribution < -0.4 is 10.5 Å². The van der Waals surface area contributed by atoms with Crippen molar-refractivity contribution in [1.29, 1.82) is 0 Å². The van der Waals surface area contributed by atoms with Crippen LogP contribution in [0.1, 0.15) is 18.9 Å². The predicted molar refractivity (Wildman–Crippen MR) is 88.8 cm³/mol. The molecule has 118 valence electrons. The van der Waals surface area contributed by atoms with Crippen LogP contribution in [0.4, 0.5) is 0 Å². The van der Waals surface area contributed by atoms with E-state index in [1.807, 2.05) is 6.07 Å². The molecule has 1 saturated heterocycles. The Morgan fingerprint density at radius 1 is 1.52 bits per heavy atom. The first-order chi connectivity index (χ1) is 10.1. The van der Waals surface area contributed by atoms with Crippen LogP contribution in [-0.4, -0.2) is 50.4 Å². The predicted octanol–water partition coefficient (Wildman–Crippen LogP) is 2.44. The van der Waals surface area contributed by atoms with E-state index in [1.165, 1.54) is 12.0 Å². The van der Waals surface area contributed by atoms with Crippen LogP contribution in [0.2, 0.25) is 0 Å². The third-order valence-corrected chi connectivity index (χ3v) is 4.50. The van der Waals surface area contributed by atoms with Crippen LogP contribution in [0.3, 0.4) is 0 Å². The van der Waals surface area contributed by atoms with Crippen molar-refractivity contribution in [2.45, 2.75) is 31.9 Å². The Morgan fingerprint density at radius 2 is 2.33 bits per heavy atom. The Balaban J connectivity index is 1.94. The monoisotopic (exact) mass is 356 g/mol. The van der Waals surface area contributed by atoms with Gasteiger partial charge in [0.05, 0.1) is 24.3 Å². The molecule has 2 N–H and O–H groups in total. The lowest BCUT2D eigenvalue weighted by Crippen LogP contribution is -2.51. The fourth-order valence-electron chi connectivity index (χ4n) is 2.75. The Labute approximate surface area is 135 Å². The number of morpholine rings is 1. The van der Waals surface area contributed by atoms with E-state index < -0.39 is 0 Å². The topological polar surface area (TPSA) is 47.7 Å². The van der Waals surface area contributed by atoms with E-state index in [-0.39, 0.29) is 12.1 Å². The average Bonchev–Trinajstić information content (AvgIpc) is 2.48.